The van der Waals surface area contributed by atoms with E-state index in [0.29, 0.717) is 0 Å². The molecule has 0 aliphatic rings. The number of benzene rings is 6. The van der Waals surface area contributed by atoms with Gasteiger partial charge in [0.15, 0.2) is 0 Å². The second-order valence-corrected chi connectivity index (χ2v) is 11.7. The van der Waals surface area contributed by atoms with E-state index in [1.807, 2.05) is 0 Å². The number of rotatable bonds is 11. The molecule has 0 fully saturated rings. The highest BCUT2D eigenvalue weighted by atomic mass is 15.1. The van der Waals surface area contributed by atoms with Crippen LogP contribution in [0.5, 0.6) is 0 Å². The molecule has 6 aromatic rings. The summed E-state index contributed by atoms with van der Waals surface area (Å²) in [6, 6.07) is 57.3. The van der Waals surface area contributed by atoms with Gasteiger partial charge in [0.1, 0.15) is 0 Å². The van der Waals surface area contributed by atoms with Gasteiger partial charge in [-0.05, 0) is 71.5 Å². The normalized spacial score (nSPS) is 10.9. The van der Waals surface area contributed by atoms with Gasteiger partial charge >= 0.3 is 0 Å². The molecule has 0 atom stereocenters. The van der Waals surface area contributed by atoms with Crippen molar-refractivity contribution < 1.29 is 0 Å². The molecule has 6 rings (SSSR count). The van der Waals surface area contributed by atoms with Gasteiger partial charge in [0.05, 0.1) is 0 Å². The van der Waals surface area contributed by atoms with Crippen LogP contribution in [0.3, 0.4) is 0 Å². The quantitative estimate of drug-likeness (QED) is 0.152. The summed E-state index contributed by atoms with van der Waals surface area (Å²) < 4.78 is 0. The highest BCUT2D eigenvalue weighted by molar-refractivity contribution is 5.64. The molecule has 0 heterocycles. The minimum Gasteiger partial charge on any atom is -0.363 e. The molecule has 0 bridgehead atoms. The molecule has 0 unspecified atom stereocenters. The van der Waals surface area contributed by atoms with Gasteiger partial charge in [-0.15, -0.1) is 0 Å². The van der Waals surface area contributed by atoms with Crippen molar-refractivity contribution in [3.63, 3.8) is 0 Å². The van der Waals surface area contributed by atoms with Crippen LogP contribution in [0.1, 0.15) is 33.4 Å². The van der Waals surface area contributed by atoms with Gasteiger partial charge in [-0.2, -0.15) is 0 Å². The lowest BCUT2D eigenvalue weighted by Crippen LogP contribution is -2.22. The molecule has 2 nitrogen and oxygen atoms in total. The second-order valence-electron chi connectivity index (χ2n) is 11.7. The molecule has 0 saturated heterocycles. The van der Waals surface area contributed by atoms with Crippen LogP contribution in [-0.2, 0) is 26.2 Å². The maximum atomic E-state index is 2.45. The van der Waals surface area contributed by atoms with Crippen molar-refractivity contribution in [2.75, 3.05) is 9.80 Å². The highest BCUT2D eigenvalue weighted by Gasteiger charge is 2.11. The standard InChI is InChI=1S/C42H40N2/c1-33-13-25-41(26-14-33)43(29-35-9-5-3-6-10-35)31-37-17-21-39(22-18-37)40-23-19-38(20-24-40)32-44(30-36-11-7-4-8-12-36)42-27-15-34(2)16-28-42/h3-28H,29-32H2,1-2H3. The third-order valence-electron chi connectivity index (χ3n) is 8.22. The van der Waals surface area contributed by atoms with E-state index in [1.54, 1.807) is 0 Å². The van der Waals surface area contributed by atoms with Gasteiger partial charge in [0.2, 0.25) is 0 Å². The summed E-state index contributed by atoms with van der Waals surface area (Å²) >= 11 is 0. The van der Waals surface area contributed by atoms with E-state index in [9.17, 15) is 0 Å². The zero-order valence-electron chi connectivity index (χ0n) is 25.7. The number of hydrogen-bond acceptors (Lipinski definition) is 2. The van der Waals surface area contributed by atoms with Crippen molar-refractivity contribution in [3.8, 4) is 11.1 Å². The molecule has 0 saturated carbocycles. The van der Waals surface area contributed by atoms with E-state index in [1.165, 1.54) is 55.9 Å². The summed E-state index contributed by atoms with van der Waals surface area (Å²) in [5, 5.41) is 0. The zero-order chi connectivity index (χ0) is 30.1. The second kappa shape index (κ2) is 13.9. The summed E-state index contributed by atoms with van der Waals surface area (Å²) in [5.74, 6) is 0. The SMILES string of the molecule is Cc1ccc(N(Cc2ccccc2)Cc2ccc(-c3ccc(CN(Cc4ccccc4)c4ccc(C)cc4)cc3)cc2)cc1. The van der Waals surface area contributed by atoms with Crippen molar-refractivity contribution in [2.45, 2.75) is 40.0 Å². The van der Waals surface area contributed by atoms with Crippen LogP contribution in [0.4, 0.5) is 11.4 Å². The molecule has 0 amide bonds. The first kappa shape index (κ1) is 29.0. The Morgan fingerprint density at radius 2 is 0.614 bits per heavy atom. The molecular weight excluding hydrogens is 532 g/mol. The van der Waals surface area contributed by atoms with Crippen LogP contribution >= 0.6 is 0 Å². The van der Waals surface area contributed by atoms with E-state index in [0.717, 1.165) is 26.2 Å². The van der Waals surface area contributed by atoms with Crippen LogP contribution in [0.15, 0.2) is 158 Å². The van der Waals surface area contributed by atoms with E-state index < -0.39 is 0 Å². The predicted molar refractivity (Wildman–Crippen MR) is 187 cm³/mol. The minimum absolute atomic E-state index is 0.855. The first-order chi connectivity index (χ1) is 21.6. The molecule has 0 radical (unpaired) electrons. The maximum Gasteiger partial charge on any atom is 0.0433 e. The van der Waals surface area contributed by atoms with Crippen LogP contribution in [-0.4, -0.2) is 0 Å². The van der Waals surface area contributed by atoms with Gasteiger partial charge in [0.25, 0.3) is 0 Å². The number of nitrogens with zero attached hydrogens (tertiary/aromatic N) is 2. The Morgan fingerprint density at radius 1 is 0.318 bits per heavy atom. The fourth-order valence-electron chi connectivity index (χ4n) is 5.64. The Balaban J connectivity index is 1.16. The van der Waals surface area contributed by atoms with Crippen LogP contribution < -0.4 is 9.80 Å². The minimum atomic E-state index is 0.855. The van der Waals surface area contributed by atoms with Crippen molar-refractivity contribution in [1.29, 1.82) is 0 Å². The lowest BCUT2D eigenvalue weighted by molar-refractivity contribution is 0.799. The smallest absolute Gasteiger partial charge is 0.0433 e. The van der Waals surface area contributed by atoms with Crippen molar-refractivity contribution in [2.24, 2.45) is 0 Å². The van der Waals surface area contributed by atoms with Crippen LogP contribution in [0.25, 0.3) is 11.1 Å². The fourth-order valence-corrected chi connectivity index (χ4v) is 5.64. The van der Waals surface area contributed by atoms with E-state index in [-0.39, 0.29) is 0 Å². The lowest BCUT2D eigenvalue weighted by atomic mass is 10.0. The average molecular weight is 573 g/mol. The van der Waals surface area contributed by atoms with Crippen LogP contribution in [0, 0.1) is 13.8 Å². The number of hydrogen-bond donors (Lipinski definition) is 0. The largest absolute Gasteiger partial charge is 0.363 e. The fraction of sp³-hybridized carbons (Fsp3) is 0.143. The molecule has 0 aromatic heterocycles. The molecule has 6 aromatic carbocycles. The maximum absolute atomic E-state index is 2.45. The number of aryl methyl sites for hydroxylation is 2. The van der Waals surface area contributed by atoms with Crippen molar-refractivity contribution in [3.05, 3.63) is 191 Å². The summed E-state index contributed by atoms with van der Waals surface area (Å²) in [6.07, 6.45) is 0. The van der Waals surface area contributed by atoms with Crippen molar-refractivity contribution in [1.82, 2.24) is 0 Å². The summed E-state index contributed by atoms with van der Waals surface area (Å²) in [7, 11) is 0. The Kier molecular flexibility index (Phi) is 9.18. The van der Waals surface area contributed by atoms with Crippen molar-refractivity contribution >= 4 is 11.4 Å². The monoisotopic (exact) mass is 572 g/mol. The van der Waals surface area contributed by atoms with E-state index >= 15 is 0 Å². The molecule has 0 N–H and O–H groups in total. The van der Waals surface area contributed by atoms with Crippen LogP contribution in [0.2, 0.25) is 0 Å². The van der Waals surface area contributed by atoms with E-state index in [4.69, 9.17) is 0 Å². The van der Waals surface area contributed by atoms with Gasteiger partial charge in [-0.25, -0.2) is 0 Å². The molecular formula is C42H40N2. The average Bonchev–Trinajstić information content (AvgIpc) is 3.07. The van der Waals surface area contributed by atoms with Gasteiger partial charge in [-0.3, -0.25) is 0 Å². The molecule has 0 aliphatic heterocycles. The molecule has 44 heavy (non-hydrogen) atoms. The Bertz CT molecular complexity index is 1590. The van der Waals surface area contributed by atoms with E-state index in [2.05, 4.69) is 181 Å². The van der Waals surface area contributed by atoms with Gasteiger partial charge in [-0.1, -0.05) is 145 Å². The summed E-state index contributed by atoms with van der Waals surface area (Å²) in [5.41, 5.74) is 12.8. The molecule has 0 spiro atoms. The third-order valence-corrected chi connectivity index (χ3v) is 8.22. The highest BCUT2D eigenvalue weighted by Crippen LogP contribution is 2.26. The topological polar surface area (TPSA) is 6.48 Å². The predicted octanol–water partition coefficient (Wildman–Crippen LogP) is 10.4. The third kappa shape index (κ3) is 7.65. The molecule has 0 aliphatic carbocycles. The van der Waals surface area contributed by atoms with Gasteiger partial charge < -0.3 is 9.80 Å². The Hall–Kier alpha value is -5.08. The summed E-state index contributed by atoms with van der Waals surface area (Å²) in [6.45, 7) is 7.73. The Morgan fingerprint density at radius 3 is 0.932 bits per heavy atom. The molecule has 218 valence electrons. The zero-order valence-corrected chi connectivity index (χ0v) is 25.7. The summed E-state index contributed by atoms with van der Waals surface area (Å²) in [4.78, 5) is 4.90. The first-order valence-corrected chi connectivity index (χ1v) is 15.5. The van der Waals surface area contributed by atoms with Gasteiger partial charge in [0, 0.05) is 37.6 Å². The first-order valence-electron chi connectivity index (χ1n) is 15.5. The number of anilines is 2. The lowest BCUT2D eigenvalue weighted by Gasteiger charge is -2.26. The Labute approximate surface area is 262 Å². The molecule has 2 heteroatoms.